The fraction of sp³-hybridized carbons (Fsp3) is 0.0204. The Balaban J connectivity index is 1.35. The molecule has 0 atom stereocenters. The topological polar surface area (TPSA) is 632 Å². The van der Waals surface area contributed by atoms with E-state index < -0.39 is 277 Å². The number of fused-ring (bicyclic) bond motifs is 10. The minimum Gasteiger partial charge on any atom is -0.507 e. The molecule has 31 nitrogen and oxygen atoms in total. The second-order valence-electron chi connectivity index (χ2n) is 18.1. The van der Waals surface area contributed by atoms with Crippen LogP contribution < -0.4 is 11.5 Å². The van der Waals surface area contributed by atoms with E-state index in [0.29, 0.717) is 0 Å². The van der Waals surface area contributed by atoms with E-state index in [1.807, 2.05) is 0 Å². The first kappa shape index (κ1) is 50.1. The molecule has 9 aromatic carbocycles. The van der Waals surface area contributed by atoms with Crippen molar-refractivity contribution >= 4 is 54.3 Å². The molecule has 0 saturated heterocycles. The van der Waals surface area contributed by atoms with Crippen LogP contribution in [-0.4, -0.2) is 143 Å². The Morgan fingerprint density at radius 1 is 0.175 bits per heavy atom. The summed E-state index contributed by atoms with van der Waals surface area (Å²) in [6.07, 6.45) is 0. The lowest BCUT2D eigenvalue weighted by molar-refractivity contribution is 0.340. The van der Waals surface area contributed by atoms with Crippen LogP contribution in [0.5, 0.6) is 161 Å². The lowest BCUT2D eigenvalue weighted by Gasteiger charge is -2.26. The summed E-state index contributed by atoms with van der Waals surface area (Å²) < 4.78 is 5.58. The van der Waals surface area contributed by atoms with Gasteiger partial charge in [-0.15, -0.1) is 0 Å². The summed E-state index contributed by atoms with van der Waals surface area (Å²) in [5, 5.41) is 308. The summed E-state index contributed by atoms with van der Waals surface area (Å²) in [6.45, 7) is 0. The van der Waals surface area contributed by atoms with Gasteiger partial charge in [0.05, 0.1) is 43.8 Å². The zero-order valence-corrected chi connectivity index (χ0v) is 38.6. The SMILES string of the molecule is NC1(N)c2c(O)c(O)c(O)c(O)c2-c2c(O)c(O)c(-c3c(O)c(O)c(O)c(-c4c5c(O)c(O)c(O)c(O)c5c(-c5c(O)c(O)c6oc7c8c(O)c(O)c(O)c(O)c8c(O)c(O)c7c6c5O)c5c(O)c(O)c(O)c(O)c45)c3O)c(O)c21. The summed E-state index contributed by atoms with van der Waals surface area (Å²) in [4.78, 5) is 0. The van der Waals surface area contributed by atoms with Crippen molar-refractivity contribution in [1.82, 2.24) is 0 Å². The molecule has 1 aromatic heterocycles. The molecule has 0 spiro atoms. The molecule has 0 fully saturated rings. The fourth-order valence-corrected chi connectivity index (χ4v) is 10.7. The normalized spacial score (nSPS) is 12.9. The number of rotatable bonds is 3. The van der Waals surface area contributed by atoms with Gasteiger partial charge in [0.2, 0.25) is 57.5 Å². The highest BCUT2D eigenvalue weighted by Gasteiger charge is 2.50. The Bertz CT molecular complexity index is 4630. The van der Waals surface area contributed by atoms with Crippen LogP contribution in [0.15, 0.2) is 4.42 Å². The van der Waals surface area contributed by atoms with Gasteiger partial charge in [-0.3, -0.25) is 0 Å². The Hall–Kier alpha value is -12.1. The third-order valence-electron chi connectivity index (χ3n) is 14.2. The van der Waals surface area contributed by atoms with Crippen molar-refractivity contribution in [2.45, 2.75) is 5.66 Å². The maximum Gasteiger partial charge on any atom is 0.205 e. The molecule has 0 unspecified atom stereocenters. The molecule has 32 N–H and O–H groups in total. The van der Waals surface area contributed by atoms with Crippen LogP contribution in [0.25, 0.3) is 98.8 Å². The predicted molar refractivity (Wildman–Crippen MR) is 264 cm³/mol. The minimum atomic E-state index is -2.98. The average Bonchev–Trinajstić information content (AvgIpc) is 4.02. The summed E-state index contributed by atoms with van der Waals surface area (Å²) >= 11 is 0. The van der Waals surface area contributed by atoms with E-state index >= 15 is 0 Å². The van der Waals surface area contributed by atoms with E-state index in [1.165, 1.54) is 0 Å². The van der Waals surface area contributed by atoms with E-state index in [0.717, 1.165) is 0 Å². The Labute approximate surface area is 434 Å². The van der Waals surface area contributed by atoms with Crippen molar-refractivity contribution in [2.24, 2.45) is 11.5 Å². The van der Waals surface area contributed by atoms with Gasteiger partial charge in [0.1, 0.15) is 22.9 Å². The highest BCUT2D eigenvalue weighted by atomic mass is 16.4. The van der Waals surface area contributed by atoms with Crippen molar-refractivity contribution in [3.8, 4) is 205 Å². The van der Waals surface area contributed by atoms with Crippen molar-refractivity contribution in [2.75, 3.05) is 0 Å². The molecule has 80 heavy (non-hydrogen) atoms. The van der Waals surface area contributed by atoms with Gasteiger partial charge in [0.15, 0.2) is 97.4 Å². The van der Waals surface area contributed by atoms with Crippen LogP contribution in [-0.2, 0) is 5.66 Å². The molecule has 10 aromatic rings. The molecular formula is C49H32N2O29. The zero-order valence-electron chi connectivity index (χ0n) is 38.6. The number of nitrogens with two attached hydrogens (primary N) is 2. The number of phenols is 28. The first-order chi connectivity index (χ1) is 37.2. The molecule has 1 aliphatic carbocycles. The maximum absolute atomic E-state index is 12.4. The smallest absolute Gasteiger partial charge is 0.205 e. The van der Waals surface area contributed by atoms with Crippen LogP contribution in [0.3, 0.4) is 0 Å². The van der Waals surface area contributed by atoms with E-state index in [1.54, 1.807) is 0 Å². The predicted octanol–water partition coefficient (Wildman–Crippen LogP) is 3.90. The third kappa shape index (κ3) is 5.34. The molecular weight excluding hydrogens is 1080 g/mol. The number of furan rings is 1. The number of hydrogen-bond donors (Lipinski definition) is 30. The lowest BCUT2D eigenvalue weighted by Crippen LogP contribution is -2.45. The van der Waals surface area contributed by atoms with Crippen molar-refractivity contribution < 1.29 is 147 Å². The van der Waals surface area contributed by atoms with E-state index in [2.05, 4.69) is 0 Å². The third-order valence-corrected chi connectivity index (χ3v) is 14.2. The molecule has 412 valence electrons. The highest BCUT2D eigenvalue weighted by molar-refractivity contribution is 6.33. The molecule has 0 aliphatic heterocycles. The van der Waals surface area contributed by atoms with Gasteiger partial charge < -0.3 is 159 Å². The highest BCUT2D eigenvalue weighted by Crippen LogP contribution is 2.71. The van der Waals surface area contributed by atoms with Gasteiger partial charge in [-0.2, -0.15) is 0 Å². The number of hydrogen-bond acceptors (Lipinski definition) is 31. The van der Waals surface area contributed by atoms with Crippen LogP contribution in [0.2, 0.25) is 0 Å². The van der Waals surface area contributed by atoms with Crippen molar-refractivity contribution in [3.05, 3.63) is 11.1 Å². The Morgan fingerprint density at radius 2 is 0.412 bits per heavy atom. The van der Waals surface area contributed by atoms with Gasteiger partial charge >= 0.3 is 0 Å². The average molecular weight is 1110 g/mol. The standard InChI is InChI=1S/C49H32N2O29/c50-49(51)17-7(8-18(49)36(69)45(78)42(75)27(8)60)26(59)28(61)12(21(17)54)11-19(52)9(30(63)37(70)31(11)64)1-3-5(24(57)40(73)38(71)22(3)55)2(6-4(1)23(56)39(72)41(74)25(6)58)10-20(53)15-16-34(67)29(62)13-14(35(68)44(77)43(76)32(13)65)47(16)80-48(15)46(79)33(10)66/h52-79H,50-51H2. The van der Waals surface area contributed by atoms with Crippen LogP contribution in [0.4, 0.5) is 0 Å². The summed E-state index contributed by atoms with van der Waals surface area (Å²) in [5.41, 5.74) is -5.93. The monoisotopic (exact) mass is 1110 g/mol. The summed E-state index contributed by atoms with van der Waals surface area (Å²) in [5.74, 6) is -46.5. The molecule has 0 bridgehead atoms. The number of aromatic hydroxyl groups is 28. The molecule has 0 saturated carbocycles. The quantitative estimate of drug-likeness (QED) is 0.0516. The maximum atomic E-state index is 12.4. The molecule has 0 amide bonds. The Morgan fingerprint density at radius 3 is 0.863 bits per heavy atom. The molecule has 0 radical (unpaired) electrons. The van der Waals surface area contributed by atoms with Gasteiger partial charge in [0, 0.05) is 54.9 Å². The molecule has 1 heterocycles. The van der Waals surface area contributed by atoms with Crippen molar-refractivity contribution in [1.29, 1.82) is 0 Å². The summed E-state index contributed by atoms with van der Waals surface area (Å²) in [6, 6.07) is 0. The van der Waals surface area contributed by atoms with Gasteiger partial charge in [-0.25, -0.2) is 0 Å². The first-order valence-corrected chi connectivity index (χ1v) is 21.7. The van der Waals surface area contributed by atoms with E-state index in [9.17, 15) is 143 Å². The first-order valence-electron chi connectivity index (χ1n) is 21.7. The van der Waals surface area contributed by atoms with Gasteiger partial charge in [0.25, 0.3) is 0 Å². The number of benzene rings is 9. The summed E-state index contributed by atoms with van der Waals surface area (Å²) in [7, 11) is 0. The lowest BCUT2D eigenvalue weighted by atomic mass is 9.81. The van der Waals surface area contributed by atoms with Gasteiger partial charge in [-0.1, -0.05) is 0 Å². The van der Waals surface area contributed by atoms with Crippen LogP contribution in [0.1, 0.15) is 11.1 Å². The molecule has 1 aliphatic rings. The largest absolute Gasteiger partial charge is 0.507 e. The Kier molecular flexibility index (Phi) is 9.42. The number of phenolic OH excluding ortho intramolecular Hbond substituents is 28. The second-order valence-corrected chi connectivity index (χ2v) is 18.1. The molecule has 31 heteroatoms. The van der Waals surface area contributed by atoms with E-state index in [-0.39, 0.29) is 0 Å². The van der Waals surface area contributed by atoms with Crippen LogP contribution in [0, 0.1) is 0 Å². The fourth-order valence-electron chi connectivity index (χ4n) is 10.7. The van der Waals surface area contributed by atoms with Crippen molar-refractivity contribution in [3.63, 3.8) is 0 Å². The second kappa shape index (κ2) is 15.0. The zero-order chi connectivity index (χ0) is 58.9. The van der Waals surface area contributed by atoms with E-state index in [4.69, 9.17) is 15.9 Å². The minimum absolute atomic E-state index is 0.959. The van der Waals surface area contributed by atoms with Crippen LogP contribution >= 0.6 is 0 Å². The van der Waals surface area contributed by atoms with Gasteiger partial charge in [-0.05, 0) is 0 Å². The molecule has 11 rings (SSSR count).